The molecule has 0 spiro atoms. The molecule has 1 aromatic rings. The standard InChI is InChI=1S/C12H19N3O2/c16-7-4-11-8-13-15(9-11)10-12(17)14-5-2-1-3-6-14/h8-9,16H,1-7,10H2. The summed E-state index contributed by atoms with van der Waals surface area (Å²) in [6.07, 6.45) is 7.59. The van der Waals surface area contributed by atoms with E-state index in [-0.39, 0.29) is 12.5 Å². The Morgan fingerprint density at radius 1 is 1.35 bits per heavy atom. The molecule has 1 aliphatic heterocycles. The van der Waals surface area contributed by atoms with E-state index in [2.05, 4.69) is 5.10 Å². The summed E-state index contributed by atoms with van der Waals surface area (Å²) in [4.78, 5) is 13.9. The van der Waals surface area contributed by atoms with E-state index in [4.69, 9.17) is 5.11 Å². The number of rotatable bonds is 4. The Morgan fingerprint density at radius 3 is 2.82 bits per heavy atom. The summed E-state index contributed by atoms with van der Waals surface area (Å²) in [5.74, 6) is 0.142. The number of likely N-dealkylation sites (tertiary alicyclic amines) is 1. The molecule has 2 rings (SSSR count). The SMILES string of the molecule is O=C(Cn1cc(CCO)cn1)N1CCCCC1. The van der Waals surface area contributed by atoms with E-state index >= 15 is 0 Å². The van der Waals surface area contributed by atoms with Crippen LogP contribution in [-0.4, -0.2) is 45.4 Å². The van der Waals surface area contributed by atoms with Gasteiger partial charge in [-0.1, -0.05) is 0 Å². The zero-order chi connectivity index (χ0) is 12.1. The van der Waals surface area contributed by atoms with Crippen molar-refractivity contribution in [3.63, 3.8) is 0 Å². The van der Waals surface area contributed by atoms with Crippen LogP contribution in [-0.2, 0) is 17.8 Å². The lowest BCUT2D eigenvalue weighted by Crippen LogP contribution is -2.37. The number of aliphatic hydroxyl groups is 1. The van der Waals surface area contributed by atoms with Gasteiger partial charge in [-0.05, 0) is 31.2 Å². The van der Waals surface area contributed by atoms with Gasteiger partial charge >= 0.3 is 0 Å². The van der Waals surface area contributed by atoms with E-state index in [1.54, 1.807) is 10.9 Å². The van der Waals surface area contributed by atoms with E-state index in [1.807, 2.05) is 11.1 Å². The summed E-state index contributed by atoms with van der Waals surface area (Å²) < 4.78 is 1.65. The van der Waals surface area contributed by atoms with Crippen LogP contribution in [0.2, 0.25) is 0 Å². The Morgan fingerprint density at radius 2 is 2.12 bits per heavy atom. The Bertz CT molecular complexity index is 370. The second-order valence-corrected chi connectivity index (χ2v) is 4.46. The van der Waals surface area contributed by atoms with Crippen molar-refractivity contribution in [1.82, 2.24) is 14.7 Å². The highest BCUT2D eigenvalue weighted by Gasteiger charge is 2.16. The number of amides is 1. The minimum absolute atomic E-state index is 0.117. The molecule has 0 aliphatic carbocycles. The molecule has 1 saturated heterocycles. The fourth-order valence-corrected chi connectivity index (χ4v) is 2.13. The van der Waals surface area contributed by atoms with Crippen molar-refractivity contribution in [2.75, 3.05) is 19.7 Å². The summed E-state index contributed by atoms with van der Waals surface area (Å²) in [6, 6.07) is 0. The molecule has 0 saturated carbocycles. The number of aromatic nitrogens is 2. The molecule has 1 amide bonds. The van der Waals surface area contributed by atoms with E-state index in [1.165, 1.54) is 6.42 Å². The number of piperidine rings is 1. The third kappa shape index (κ3) is 3.30. The first-order chi connectivity index (χ1) is 8.29. The first kappa shape index (κ1) is 12.1. The van der Waals surface area contributed by atoms with Gasteiger partial charge in [0.25, 0.3) is 0 Å². The topological polar surface area (TPSA) is 58.4 Å². The van der Waals surface area contributed by atoms with E-state index < -0.39 is 0 Å². The molecule has 94 valence electrons. The molecule has 1 aromatic heterocycles. The summed E-state index contributed by atoms with van der Waals surface area (Å²) in [5.41, 5.74) is 0.971. The average molecular weight is 237 g/mol. The molecule has 17 heavy (non-hydrogen) atoms. The first-order valence-corrected chi connectivity index (χ1v) is 6.19. The monoisotopic (exact) mass is 237 g/mol. The molecule has 0 radical (unpaired) electrons. The minimum atomic E-state index is 0.117. The molecule has 0 aromatic carbocycles. The van der Waals surface area contributed by atoms with Crippen LogP contribution in [0.1, 0.15) is 24.8 Å². The van der Waals surface area contributed by atoms with Gasteiger partial charge < -0.3 is 10.0 Å². The van der Waals surface area contributed by atoms with Crippen LogP contribution in [0.4, 0.5) is 0 Å². The van der Waals surface area contributed by atoms with Crippen LogP contribution in [0.3, 0.4) is 0 Å². The first-order valence-electron chi connectivity index (χ1n) is 6.19. The maximum atomic E-state index is 12.0. The normalized spacial score (nSPS) is 16.2. The number of carbonyl (C=O) groups excluding carboxylic acids is 1. The van der Waals surface area contributed by atoms with Crippen molar-refractivity contribution < 1.29 is 9.90 Å². The van der Waals surface area contributed by atoms with Crippen molar-refractivity contribution in [2.45, 2.75) is 32.2 Å². The fraction of sp³-hybridized carbons (Fsp3) is 0.667. The van der Waals surface area contributed by atoms with Gasteiger partial charge in [0.2, 0.25) is 5.91 Å². The van der Waals surface area contributed by atoms with Crippen molar-refractivity contribution in [1.29, 1.82) is 0 Å². The number of hydrogen-bond donors (Lipinski definition) is 1. The lowest BCUT2D eigenvalue weighted by atomic mass is 10.1. The summed E-state index contributed by atoms with van der Waals surface area (Å²) >= 11 is 0. The molecule has 5 heteroatoms. The molecule has 1 N–H and O–H groups in total. The molecule has 1 aliphatic rings. The third-order valence-corrected chi connectivity index (χ3v) is 3.09. The molecular formula is C12H19N3O2. The molecule has 2 heterocycles. The van der Waals surface area contributed by atoms with Crippen molar-refractivity contribution >= 4 is 5.91 Å². The van der Waals surface area contributed by atoms with Gasteiger partial charge in [0.1, 0.15) is 6.54 Å². The van der Waals surface area contributed by atoms with Crippen LogP contribution >= 0.6 is 0 Å². The van der Waals surface area contributed by atoms with Gasteiger partial charge in [-0.2, -0.15) is 5.10 Å². The summed E-state index contributed by atoms with van der Waals surface area (Å²) in [6.45, 7) is 2.18. The largest absolute Gasteiger partial charge is 0.396 e. The van der Waals surface area contributed by atoms with E-state index in [0.717, 1.165) is 31.5 Å². The van der Waals surface area contributed by atoms with Crippen molar-refractivity contribution in [2.24, 2.45) is 0 Å². The smallest absolute Gasteiger partial charge is 0.244 e. The zero-order valence-electron chi connectivity index (χ0n) is 10.0. The fourth-order valence-electron chi connectivity index (χ4n) is 2.13. The van der Waals surface area contributed by atoms with Crippen LogP contribution in [0.25, 0.3) is 0 Å². The molecule has 0 unspecified atom stereocenters. The highest BCUT2D eigenvalue weighted by atomic mass is 16.3. The van der Waals surface area contributed by atoms with Crippen LogP contribution in [0, 0.1) is 0 Å². The predicted molar refractivity (Wildman–Crippen MR) is 63.4 cm³/mol. The van der Waals surface area contributed by atoms with Gasteiger partial charge in [-0.25, -0.2) is 0 Å². The van der Waals surface area contributed by atoms with Crippen molar-refractivity contribution in [3.05, 3.63) is 18.0 Å². The number of carbonyl (C=O) groups is 1. The Hall–Kier alpha value is -1.36. The molecule has 0 atom stereocenters. The predicted octanol–water partition coefficient (Wildman–Crippen LogP) is 0.430. The minimum Gasteiger partial charge on any atom is -0.396 e. The van der Waals surface area contributed by atoms with Gasteiger partial charge in [0.15, 0.2) is 0 Å². The molecular weight excluding hydrogens is 218 g/mol. The quantitative estimate of drug-likeness (QED) is 0.826. The van der Waals surface area contributed by atoms with E-state index in [0.29, 0.717) is 13.0 Å². The lowest BCUT2D eigenvalue weighted by Gasteiger charge is -2.26. The second-order valence-electron chi connectivity index (χ2n) is 4.46. The maximum Gasteiger partial charge on any atom is 0.244 e. The maximum absolute atomic E-state index is 12.0. The van der Waals surface area contributed by atoms with Gasteiger partial charge in [0.05, 0.1) is 6.20 Å². The van der Waals surface area contributed by atoms with Gasteiger partial charge in [-0.3, -0.25) is 9.48 Å². The summed E-state index contributed by atoms with van der Waals surface area (Å²) in [5, 5.41) is 12.9. The Kier molecular flexibility index (Phi) is 4.14. The second kappa shape index (κ2) is 5.82. The third-order valence-electron chi connectivity index (χ3n) is 3.09. The molecule has 1 fully saturated rings. The van der Waals surface area contributed by atoms with Gasteiger partial charge in [0, 0.05) is 25.9 Å². The number of hydrogen-bond acceptors (Lipinski definition) is 3. The Balaban J connectivity index is 1.88. The molecule has 5 nitrogen and oxygen atoms in total. The van der Waals surface area contributed by atoms with Crippen molar-refractivity contribution in [3.8, 4) is 0 Å². The van der Waals surface area contributed by atoms with Crippen LogP contribution in [0.5, 0.6) is 0 Å². The van der Waals surface area contributed by atoms with Gasteiger partial charge in [-0.15, -0.1) is 0 Å². The highest BCUT2D eigenvalue weighted by molar-refractivity contribution is 5.75. The highest BCUT2D eigenvalue weighted by Crippen LogP contribution is 2.09. The average Bonchev–Trinajstić information content (AvgIpc) is 2.78. The number of aliphatic hydroxyl groups excluding tert-OH is 1. The summed E-state index contributed by atoms with van der Waals surface area (Å²) in [7, 11) is 0. The van der Waals surface area contributed by atoms with Crippen LogP contribution in [0.15, 0.2) is 12.4 Å². The van der Waals surface area contributed by atoms with E-state index in [9.17, 15) is 4.79 Å². The molecule has 0 bridgehead atoms. The Labute approximate surface area is 101 Å². The number of nitrogens with zero attached hydrogens (tertiary/aromatic N) is 3. The lowest BCUT2D eigenvalue weighted by molar-refractivity contribution is -0.132. The zero-order valence-corrected chi connectivity index (χ0v) is 10.0. The van der Waals surface area contributed by atoms with Crippen LogP contribution < -0.4 is 0 Å².